The molecule has 1 aliphatic rings. The van der Waals surface area contributed by atoms with E-state index in [1.54, 1.807) is 11.3 Å². The van der Waals surface area contributed by atoms with Gasteiger partial charge in [-0.05, 0) is 91.7 Å². The Kier molecular flexibility index (Phi) is 7.13. The van der Waals surface area contributed by atoms with Crippen LogP contribution in [0.4, 0.5) is 5.69 Å². The van der Waals surface area contributed by atoms with Crippen molar-refractivity contribution in [1.82, 2.24) is 9.88 Å². The Morgan fingerprint density at radius 1 is 0.818 bits per heavy atom. The summed E-state index contributed by atoms with van der Waals surface area (Å²) in [6.45, 7) is 3.92. The van der Waals surface area contributed by atoms with E-state index >= 15 is 0 Å². The molecule has 0 saturated heterocycles. The van der Waals surface area contributed by atoms with Gasteiger partial charge in [0, 0.05) is 46.4 Å². The van der Waals surface area contributed by atoms with Crippen molar-refractivity contribution in [1.29, 1.82) is 0 Å². The van der Waals surface area contributed by atoms with Crippen molar-refractivity contribution in [3.63, 3.8) is 0 Å². The largest absolute Gasteiger partial charge is 0.381 e. The van der Waals surface area contributed by atoms with Gasteiger partial charge in [-0.2, -0.15) is 0 Å². The third-order valence-corrected chi connectivity index (χ3v) is 7.22. The lowest BCUT2D eigenvalue weighted by atomic mass is 9.95. The molecule has 1 aromatic heterocycles. The minimum absolute atomic E-state index is 0.848. The molecule has 3 nitrogen and oxygen atoms in total. The van der Waals surface area contributed by atoms with Crippen molar-refractivity contribution in [3.8, 4) is 0 Å². The molecule has 2 N–H and O–H groups in total. The number of hydrogen-bond donors (Lipinski definition) is 2. The van der Waals surface area contributed by atoms with Gasteiger partial charge < -0.3 is 15.2 Å². The molecule has 0 amide bonds. The van der Waals surface area contributed by atoms with Crippen molar-refractivity contribution in [2.45, 2.75) is 51.7 Å². The molecule has 0 radical (unpaired) electrons. The number of nitrogens with zero attached hydrogens (tertiary/aromatic N) is 1. The second-order valence-corrected chi connectivity index (χ2v) is 9.93. The number of aromatic nitrogens is 1. The summed E-state index contributed by atoms with van der Waals surface area (Å²) in [6, 6.07) is 26.1. The van der Waals surface area contributed by atoms with E-state index in [0.29, 0.717) is 0 Å². The van der Waals surface area contributed by atoms with Crippen molar-refractivity contribution < 1.29 is 0 Å². The molecule has 170 valence electrons. The molecule has 0 bridgehead atoms. The van der Waals surface area contributed by atoms with Crippen LogP contribution in [0, 0.1) is 0 Å². The predicted octanol–water partition coefficient (Wildman–Crippen LogP) is 7.07. The SMILES string of the molecule is Brc1ccc(NCc2ccc3c(c2)c2c(n3CCCNCc3ccccc3)CCCC2)cc1. The first kappa shape index (κ1) is 22.2. The van der Waals surface area contributed by atoms with Gasteiger partial charge in [0.05, 0.1) is 0 Å². The third kappa shape index (κ3) is 5.34. The summed E-state index contributed by atoms with van der Waals surface area (Å²) in [5.41, 5.74) is 8.45. The molecule has 0 atom stereocenters. The number of aryl methyl sites for hydroxylation is 2. The van der Waals surface area contributed by atoms with Gasteiger partial charge in [-0.15, -0.1) is 0 Å². The average molecular weight is 503 g/mol. The quantitative estimate of drug-likeness (QED) is 0.240. The summed E-state index contributed by atoms with van der Waals surface area (Å²) in [5.74, 6) is 0. The molecule has 0 saturated carbocycles. The first-order valence-electron chi connectivity index (χ1n) is 12.1. The minimum Gasteiger partial charge on any atom is -0.381 e. The van der Waals surface area contributed by atoms with Crippen LogP contribution in [-0.2, 0) is 32.5 Å². The lowest BCUT2D eigenvalue weighted by Crippen LogP contribution is -2.17. The molecule has 0 spiro atoms. The fourth-order valence-corrected chi connectivity index (χ4v) is 5.28. The second kappa shape index (κ2) is 10.6. The monoisotopic (exact) mass is 501 g/mol. The number of halogens is 1. The van der Waals surface area contributed by atoms with Crippen LogP contribution >= 0.6 is 15.9 Å². The smallest absolute Gasteiger partial charge is 0.0485 e. The number of anilines is 1. The van der Waals surface area contributed by atoms with Crippen LogP contribution in [0.2, 0.25) is 0 Å². The minimum atomic E-state index is 0.848. The summed E-state index contributed by atoms with van der Waals surface area (Å²) in [5, 5.41) is 8.65. The molecule has 1 aliphatic carbocycles. The van der Waals surface area contributed by atoms with E-state index in [1.807, 2.05) is 0 Å². The van der Waals surface area contributed by atoms with Gasteiger partial charge in [-0.1, -0.05) is 52.3 Å². The highest BCUT2D eigenvalue weighted by Crippen LogP contribution is 2.33. The molecule has 0 unspecified atom stereocenters. The normalized spacial score (nSPS) is 13.2. The van der Waals surface area contributed by atoms with E-state index < -0.39 is 0 Å². The zero-order valence-corrected chi connectivity index (χ0v) is 20.7. The van der Waals surface area contributed by atoms with Crippen LogP contribution < -0.4 is 10.6 Å². The van der Waals surface area contributed by atoms with E-state index in [1.165, 1.54) is 47.7 Å². The van der Waals surface area contributed by atoms with Gasteiger partial charge in [0.25, 0.3) is 0 Å². The average Bonchev–Trinajstić information content (AvgIpc) is 3.17. The second-order valence-electron chi connectivity index (χ2n) is 9.01. The van der Waals surface area contributed by atoms with Crippen molar-refractivity contribution >= 4 is 32.5 Å². The Balaban J connectivity index is 1.27. The van der Waals surface area contributed by atoms with Crippen LogP contribution in [-0.4, -0.2) is 11.1 Å². The number of nitrogens with one attached hydrogen (secondary N) is 2. The van der Waals surface area contributed by atoms with Gasteiger partial charge in [0.1, 0.15) is 0 Å². The van der Waals surface area contributed by atoms with Crippen molar-refractivity contribution in [2.75, 3.05) is 11.9 Å². The maximum Gasteiger partial charge on any atom is 0.0485 e. The first-order chi connectivity index (χ1) is 16.3. The van der Waals surface area contributed by atoms with Gasteiger partial charge in [-0.3, -0.25) is 0 Å². The Labute approximate surface area is 205 Å². The van der Waals surface area contributed by atoms with Gasteiger partial charge in [-0.25, -0.2) is 0 Å². The standard InChI is InChI=1S/C29H32BrN3/c30-24-12-14-25(15-13-24)32-21-23-11-16-29-27(19-23)26-9-4-5-10-28(26)33(29)18-6-17-31-20-22-7-2-1-3-8-22/h1-3,7-8,11-16,19,31-32H,4-6,9-10,17-18,20-21H2. The molecular formula is C29H32BrN3. The van der Waals surface area contributed by atoms with E-state index in [-0.39, 0.29) is 0 Å². The van der Waals surface area contributed by atoms with Crippen LogP contribution in [0.15, 0.2) is 77.3 Å². The molecular weight excluding hydrogens is 470 g/mol. The van der Waals surface area contributed by atoms with Gasteiger partial charge in [0.15, 0.2) is 0 Å². The lowest BCUT2D eigenvalue weighted by Gasteiger charge is -2.16. The van der Waals surface area contributed by atoms with E-state index in [9.17, 15) is 0 Å². The summed E-state index contributed by atoms with van der Waals surface area (Å²) in [7, 11) is 0. The lowest BCUT2D eigenvalue weighted by molar-refractivity contribution is 0.561. The fourth-order valence-electron chi connectivity index (χ4n) is 5.01. The topological polar surface area (TPSA) is 29.0 Å². The zero-order valence-electron chi connectivity index (χ0n) is 19.1. The summed E-state index contributed by atoms with van der Waals surface area (Å²) in [6.07, 6.45) is 6.21. The van der Waals surface area contributed by atoms with E-state index in [2.05, 4.69) is 104 Å². The Morgan fingerprint density at radius 3 is 2.48 bits per heavy atom. The third-order valence-electron chi connectivity index (χ3n) is 6.69. The van der Waals surface area contributed by atoms with E-state index in [4.69, 9.17) is 0 Å². The highest BCUT2D eigenvalue weighted by molar-refractivity contribution is 9.10. The zero-order chi connectivity index (χ0) is 22.5. The molecule has 0 fully saturated rings. The number of hydrogen-bond acceptors (Lipinski definition) is 2. The summed E-state index contributed by atoms with van der Waals surface area (Å²) in [4.78, 5) is 0. The molecule has 4 aromatic rings. The molecule has 33 heavy (non-hydrogen) atoms. The van der Waals surface area contributed by atoms with Crippen LogP contribution in [0.3, 0.4) is 0 Å². The molecule has 5 rings (SSSR count). The van der Waals surface area contributed by atoms with Gasteiger partial charge >= 0.3 is 0 Å². The molecule has 1 heterocycles. The Morgan fingerprint density at radius 2 is 1.64 bits per heavy atom. The van der Waals surface area contributed by atoms with Crippen LogP contribution in [0.25, 0.3) is 10.9 Å². The van der Waals surface area contributed by atoms with E-state index in [0.717, 1.165) is 42.8 Å². The highest BCUT2D eigenvalue weighted by atomic mass is 79.9. The number of rotatable bonds is 9. The first-order valence-corrected chi connectivity index (χ1v) is 12.9. The van der Waals surface area contributed by atoms with Crippen molar-refractivity contribution in [3.05, 3.63) is 99.7 Å². The molecule has 0 aliphatic heterocycles. The highest BCUT2D eigenvalue weighted by Gasteiger charge is 2.20. The Hall–Kier alpha value is -2.56. The Bertz CT molecular complexity index is 1200. The van der Waals surface area contributed by atoms with Crippen LogP contribution in [0.1, 0.15) is 41.6 Å². The maximum absolute atomic E-state index is 3.61. The number of benzene rings is 3. The predicted molar refractivity (Wildman–Crippen MR) is 143 cm³/mol. The summed E-state index contributed by atoms with van der Waals surface area (Å²) < 4.78 is 3.72. The van der Waals surface area contributed by atoms with Gasteiger partial charge in [0.2, 0.25) is 0 Å². The maximum atomic E-state index is 3.61. The van der Waals surface area contributed by atoms with Crippen molar-refractivity contribution in [2.24, 2.45) is 0 Å². The molecule has 3 aromatic carbocycles. The number of fused-ring (bicyclic) bond motifs is 3. The fraction of sp³-hybridized carbons (Fsp3) is 0.310. The summed E-state index contributed by atoms with van der Waals surface area (Å²) >= 11 is 3.51. The van der Waals surface area contributed by atoms with Crippen LogP contribution in [0.5, 0.6) is 0 Å². The molecule has 4 heteroatoms.